The minimum Gasteiger partial charge on any atom is -0.404 e. The molecule has 134 valence electrons. The zero-order valence-corrected chi connectivity index (χ0v) is 15.4. The first kappa shape index (κ1) is 19.4. The van der Waals surface area contributed by atoms with Gasteiger partial charge in [-0.15, -0.1) is 37.1 Å². The number of aliphatic imine (C=N–C) groups is 1. The molecule has 0 fully saturated rings. The summed E-state index contributed by atoms with van der Waals surface area (Å²) in [6, 6.07) is 13.8. The number of benzene rings is 2. The molecule has 2 aromatic carbocycles. The van der Waals surface area contributed by atoms with E-state index >= 15 is 0 Å². The minimum absolute atomic E-state index is 0. The van der Waals surface area contributed by atoms with Gasteiger partial charge >= 0.3 is 6.36 Å². The maximum atomic E-state index is 12.4. The third kappa shape index (κ3) is 5.00. The van der Waals surface area contributed by atoms with Gasteiger partial charge in [0, 0.05) is 12.5 Å². The van der Waals surface area contributed by atoms with Gasteiger partial charge in [-0.2, -0.15) is 0 Å². The number of nitrogens with two attached hydrogens (primary N) is 1. The largest absolute Gasteiger partial charge is 0.573 e. The number of fused-ring (bicyclic) bond motifs is 1. The summed E-state index contributed by atoms with van der Waals surface area (Å²) in [5, 5.41) is 2.66. The van der Waals surface area contributed by atoms with E-state index in [4.69, 9.17) is 5.73 Å². The van der Waals surface area contributed by atoms with Crippen molar-refractivity contribution in [3.8, 4) is 5.75 Å². The number of anilines is 1. The van der Waals surface area contributed by atoms with E-state index in [9.17, 15) is 13.2 Å². The Morgan fingerprint density at radius 2 is 1.84 bits per heavy atom. The van der Waals surface area contributed by atoms with E-state index < -0.39 is 6.36 Å². The Kier molecular flexibility index (Phi) is 6.15. The highest BCUT2D eigenvalue weighted by Gasteiger charge is 2.32. The molecule has 1 atom stereocenters. The summed E-state index contributed by atoms with van der Waals surface area (Å²) >= 11 is 0. The predicted molar refractivity (Wildman–Crippen MR) is 102 cm³/mol. The fourth-order valence-electron chi connectivity index (χ4n) is 2.70. The van der Waals surface area contributed by atoms with E-state index in [0.29, 0.717) is 12.5 Å². The quantitative estimate of drug-likeness (QED) is 0.405. The Hall–Kier alpha value is -1.97. The van der Waals surface area contributed by atoms with Gasteiger partial charge in [0.25, 0.3) is 0 Å². The van der Waals surface area contributed by atoms with Gasteiger partial charge in [0.2, 0.25) is 0 Å². The molecule has 0 bridgehead atoms. The van der Waals surface area contributed by atoms with Gasteiger partial charge in [-0.25, -0.2) is 0 Å². The van der Waals surface area contributed by atoms with E-state index in [1.807, 2.05) is 12.1 Å². The number of hydrogen-bond donors (Lipinski definition) is 2. The van der Waals surface area contributed by atoms with Crippen molar-refractivity contribution in [2.24, 2.45) is 10.7 Å². The maximum absolute atomic E-state index is 12.4. The molecule has 8 heteroatoms. The molecule has 0 aliphatic heterocycles. The van der Waals surface area contributed by atoms with Crippen molar-refractivity contribution in [1.29, 1.82) is 0 Å². The molecule has 1 aliphatic rings. The minimum atomic E-state index is -4.76. The van der Waals surface area contributed by atoms with Crippen LogP contribution in [0.2, 0.25) is 0 Å². The second kappa shape index (κ2) is 7.94. The van der Waals surface area contributed by atoms with Crippen LogP contribution >= 0.6 is 24.0 Å². The number of para-hydroxylation sites is 2. The Balaban J connectivity index is 0.00000225. The summed E-state index contributed by atoms with van der Waals surface area (Å²) in [4.78, 5) is 4.22. The van der Waals surface area contributed by atoms with Gasteiger partial charge in [-0.3, -0.25) is 4.99 Å². The summed E-state index contributed by atoms with van der Waals surface area (Å²) in [6.45, 7) is 0.484. The SMILES string of the molecule is I.NC(=NCC1Cc2ccccc21)Nc1ccccc1OC(F)(F)F. The Morgan fingerprint density at radius 3 is 2.56 bits per heavy atom. The highest BCUT2D eigenvalue weighted by atomic mass is 127. The monoisotopic (exact) mass is 463 g/mol. The van der Waals surface area contributed by atoms with Crippen molar-refractivity contribution >= 4 is 35.6 Å². The molecular weight excluding hydrogens is 446 g/mol. The van der Waals surface area contributed by atoms with Crippen LogP contribution in [-0.2, 0) is 6.42 Å². The average Bonchev–Trinajstić information content (AvgIpc) is 2.49. The van der Waals surface area contributed by atoms with Crippen LogP contribution in [0.15, 0.2) is 53.5 Å². The van der Waals surface area contributed by atoms with Gasteiger partial charge < -0.3 is 15.8 Å². The lowest BCUT2D eigenvalue weighted by Crippen LogP contribution is -2.27. The molecule has 3 rings (SSSR count). The van der Waals surface area contributed by atoms with Gasteiger partial charge in [-0.1, -0.05) is 36.4 Å². The predicted octanol–water partition coefficient (Wildman–Crippen LogP) is 4.27. The fraction of sp³-hybridized carbons (Fsp3) is 0.235. The van der Waals surface area contributed by atoms with E-state index in [1.54, 1.807) is 6.07 Å². The smallest absolute Gasteiger partial charge is 0.404 e. The van der Waals surface area contributed by atoms with Crippen molar-refractivity contribution in [3.05, 3.63) is 59.7 Å². The highest BCUT2D eigenvalue weighted by Crippen LogP contribution is 2.35. The van der Waals surface area contributed by atoms with Crippen molar-refractivity contribution in [3.63, 3.8) is 0 Å². The number of halogens is 4. The number of alkyl halides is 3. The van der Waals surface area contributed by atoms with Gasteiger partial charge in [0.05, 0.1) is 5.69 Å². The third-order valence-corrected chi connectivity index (χ3v) is 3.82. The van der Waals surface area contributed by atoms with Crippen molar-refractivity contribution in [1.82, 2.24) is 0 Å². The molecule has 3 N–H and O–H groups in total. The topological polar surface area (TPSA) is 59.6 Å². The molecule has 0 aromatic heterocycles. The first-order chi connectivity index (χ1) is 11.4. The Morgan fingerprint density at radius 1 is 1.16 bits per heavy atom. The summed E-state index contributed by atoms with van der Waals surface area (Å²) in [5.41, 5.74) is 8.45. The van der Waals surface area contributed by atoms with Gasteiger partial charge in [0.15, 0.2) is 11.7 Å². The number of guanidine groups is 1. The second-order valence-electron chi connectivity index (χ2n) is 5.49. The van der Waals surface area contributed by atoms with Crippen LogP contribution in [0.5, 0.6) is 5.75 Å². The fourth-order valence-corrected chi connectivity index (χ4v) is 2.70. The summed E-state index contributed by atoms with van der Waals surface area (Å²) < 4.78 is 41.2. The van der Waals surface area contributed by atoms with Crippen LogP contribution in [0, 0.1) is 0 Å². The van der Waals surface area contributed by atoms with Crippen molar-refractivity contribution < 1.29 is 17.9 Å². The number of hydrogen-bond acceptors (Lipinski definition) is 2. The molecule has 0 spiro atoms. The number of nitrogens with zero attached hydrogens (tertiary/aromatic N) is 1. The highest BCUT2D eigenvalue weighted by molar-refractivity contribution is 14.0. The molecule has 0 radical (unpaired) electrons. The van der Waals surface area contributed by atoms with Gasteiger partial charge in [0.1, 0.15) is 0 Å². The molecule has 0 heterocycles. The third-order valence-electron chi connectivity index (χ3n) is 3.82. The second-order valence-corrected chi connectivity index (χ2v) is 5.49. The average molecular weight is 463 g/mol. The molecule has 1 unspecified atom stereocenters. The molecule has 0 amide bonds. The molecule has 4 nitrogen and oxygen atoms in total. The van der Waals surface area contributed by atoms with Crippen LogP contribution < -0.4 is 15.8 Å². The number of ether oxygens (including phenoxy) is 1. The lowest BCUT2D eigenvalue weighted by Gasteiger charge is -2.28. The summed E-state index contributed by atoms with van der Waals surface area (Å²) in [6.07, 6.45) is -3.83. The number of nitrogens with one attached hydrogen (secondary N) is 1. The normalized spacial score (nSPS) is 16.3. The number of rotatable bonds is 4. The Bertz CT molecular complexity index is 765. The van der Waals surface area contributed by atoms with Crippen LogP contribution in [0.1, 0.15) is 17.0 Å². The summed E-state index contributed by atoms with van der Waals surface area (Å²) in [7, 11) is 0. The zero-order chi connectivity index (χ0) is 17.2. The molecule has 2 aromatic rings. The molecule has 0 saturated carbocycles. The molecular formula is C17H17F3IN3O. The van der Waals surface area contributed by atoms with Crippen molar-refractivity contribution in [2.75, 3.05) is 11.9 Å². The van der Waals surface area contributed by atoms with Crippen molar-refractivity contribution in [2.45, 2.75) is 18.7 Å². The van der Waals surface area contributed by atoms with Gasteiger partial charge in [-0.05, 0) is 29.7 Å². The molecule has 1 aliphatic carbocycles. The maximum Gasteiger partial charge on any atom is 0.573 e. The van der Waals surface area contributed by atoms with Crippen LogP contribution in [0.4, 0.5) is 18.9 Å². The first-order valence-electron chi connectivity index (χ1n) is 7.42. The lowest BCUT2D eigenvalue weighted by molar-refractivity contribution is -0.274. The lowest BCUT2D eigenvalue weighted by atomic mass is 9.78. The zero-order valence-electron chi connectivity index (χ0n) is 13.1. The molecule has 0 saturated heterocycles. The van der Waals surface area contributed by atoms with Crippen LogP contribution in [0.3, 0.4) is 0 Å². The molecule has 25 heavy (non-hydrogen) atoms. The Labute approximate surface area is 160 Å². The summed E-state index contributed by atoms with van der Waals surface area (Å²) in [5.74, 6) is -0.00188. The first-order valence-corrected chi connectivity index (χ1v) is 7.42. The van der Waals surface area contributed by atoms with Crippen LogP contribution in [-0.4, -0.2) is 18.9 Å². The van der Waals surface area contributed by atoms with E-state index in [-0.39, 0.29) is 41.4 Å². The van der Waals surface area contributed by atoms with E-state index in [1.165, 1.54) is 29.3 Å². The van der Waals surface area contributed by atoms with E-state index in [2.05, 4.69) is 27.2 Å². The standard InChI is InChI=1S/C17H16F3N3O.HI/c18-17(19,20)24-15-8-4-3-7-14(15)23-16(21)22-10-12-9-11-5-1-2-6-13(11)12;/h1-8,12H,9-10H2,(H3,21,22,23);1H. The van der Waals surface area contributed by atoms with E-state index in [0.717, 1.165) is 6.42 Å². The van der Waals surface area contributed by atoms with Crippen LogP contribution in [0.25, 0.3) is 0 Å².